The Kier molecular flexibility index (Phi) is 4.42. The first-order valence-corrected chi connectivity index (χ1v) is 6.68. The minimum atomic E-state index is -0.247. The molecular weight excluding hydrogens is 245 g/mol. The van der Waals surface area contributed by atoms with E-state index in [0.717, 1.165) is 11.3 Å². The molecule has 1 nitrogen and oxygen atoms in total. The largest absolute Gasteiger partial charge is 0.398 e. The minimum Gasteiger partial charge on any atom is -0.398 e. The lowest BCUT2D eigenvalue weighted by molar-refractivity contribution is 0.627. The quantitative estimate of drug-likeness (QED) is 0.897. The lowest BCUT2D eigenvalue weighted by atomic mass is 10.2. The fourth-order valence-corrected chi connectivity index (χ4v) is 2.30. The van der Waals surface area contributed by atoms with Gasteiger partial charge in [-0.05, 0) is 40.8 Å². The SMILES string of the molecule is N/C(=C\SCc1ccccc1)c1ccc(F)cc1. The average Bonchev–Trinajstić information content (AvgIpc) is 2.40. The Morgan fingerprint density at radius 2 is 1.72 bits per heavy atom. The molecule has 0 unspecified atom stereocenters. The zero-order valence-electron chi connectivity index (χ0n) is 9.84. The van der Waals surface area contributed by atoms with Gasteiger partial charge in [-0.2, -0.15) is 0 Å². The van der Waals surface area contributed by atoms with E-state index in [4.69, 9.17) is 5.73 Å². The van der Waals surface area contributed by atoms with Crippen molar-refractivity contribution in [2.45, 2.75) is 5.75 Å². The van der Waals surface area contributed by atoms with Crippen molar-refractivity contribution in [3.63, 3.8) is 0 Å². The van der Waals surface area contributed by atoms with Gasteiger partial charge in [0.15, 0.2) is 0 Å². The van der Waals surface area contributed by atoms with Crippen molar-refractivity contribution in [1.82, 2.24) is 0 Å². The van der Waals surface area contributed by atoms with Crippen molar-refractivity contribution in [3.05, 3.63) is 76.9 Å². The second-order valence-corrected chi connectivity index (χ2v) is 4.73. The van der Waals surface area contributed by atoms with Crippen LogP contribution in [-0.4, -0.2) is 0 Å². The summed E-state index contributed by atoms with van der Waals surface area (Å²) in [5.41, 5.74) is 8.69. The van der Waals surface area contributed by atoms with Crippen molar-refractivity contribution in [2.24, 2.45) is 5.73 Å². The van der Waals surface area contributed by atoms with E-state index < -0.39 is 0 Å². The molecule has 0 aliphatic carbocycles. The average molecular weight is 259 g/mol. The van der Waals surface area contributed by atoms with Crippen LogP contribution in [0.2, 0.25) is 0 Å². The van der Waals surface area contributed by atoms with Gasteiger partial charge in [-0.25, -0.2) is 4.39 Å². The highest BCUT2D eigenvalue weighted by atomic mass is 32.2. The smallest absolute Gasteiger partial charge is 0.123 e. The first kappa shape index (κ1) is 12.7. The molecule has 0 amide bonds. The van der Waals surface area contributed by atoms with E-state index in [-0.39, 0.29) is 5.82 Å². The summed E-state index contributed by atoms with van der Waals surface area (Å²) in [7, 11) is 0. The maximum absolute atomic E-state index is 12.8. The number of halogens is 1. The van der Waals surface area contributed by atoms with E-state index in [1.54, 1.807) is 23.9 Å². The summed E-state index contributed by atoms with van der Waals surface area (Å²) in [5, 5.41) is 1.90. The fraction of sp³-hybridized carbons (Fsp3) is 0.0667. The molecular formula is C15H14FNS. The van der Waals surface area contributed by atoms with Gasteiger partial charge in [0.25, 0.3) is 0 Å². The summed E-state index contributed by atoms with van der Waals surface area (Å²) in [6, 6.07) is 16.4. The Hall–Kier alpha value is -1.74. The second kappa shape index (κ2) is 6.26. The Labute approximate surface area is 111 Å². The van der Waals surface area contributed by atoms with Crippen LogP contribution in [0.4, 0.5) is 4.39 Å². The lowest BCUT2D eigenvalue weighted by Gasteiger charge is -2.02. The summed E-state index contributed by atoms with van der Waals surface area (Å²) in [5.74, 6) is 0.631. The molecule has 3 heteroatoms. The molecule has 2 N–H and O–H groups in total. The molecule has 18 heavy (non-hydrogen) atoms. The summed E-state index contributed by atoms with van der Waals surface area (Å²) in [6.45, 7) is 0. The highest BCUT2D eigenvalue weighted by Crippen LogP contribution is 2.18. The van der Waals surface area contributed by atoms with E-state index in [1.165, 1.54) is 17.7 Å². The summed E-state index contributed by atoms with van der Waals surface area (Å²) < 4.78 is 12.8. The van der Waals surface area contributed by atoms with E-state index in [1.807, 2.05) is 23.6 Å². The van der Waals surface area contributed by atoms with Crippen LogP contribution in [0.1, 0.15) is 11.1 Å². The normalized spacial score (nSPS) is 11.5. The topological polar surface area (TPSA) is 26.0 Å². The first-order valence-electron chi connectivity index (χ1n) is 5.63. The molecule has 2 rings (SSSR count). The molecule has 0 bridgehead atoms. The molecule has 0 aromatic heterocycles. The predicted molar refractivity (Wildman–Crippen MR) is 76.3 cm³/mol. The molecule has 0 fully saturated rings. The molecule has 2 aromatic carbocycles. The van der Waals surface area contributed by atoms with Gasteiger partial charge in [0, 0.05) is 11.4 Å². The zero-order chi connectivity index (χ0) is 12.8. The maximum atomic E-state index is 12.8. The van der Waals surface area contributed by atoms with Gasteiger partial charge in [-0.1, -0.05) is 30.3 Å². The van der Waals surface area contributed by atoms with Crippen LogP contribution >= 0.6 is 11.8 Å². The Morgan fingerprint density at radius 1 is 1.06 bits per heavy atom. The van der Waals surface area contributed by atoms with Crippen molar-refractivity contribution >= 4 is 17.5 Å². The van der Waals surface area contributed by atoms with Gasteiger partial charge in [-0.15, -0.1) is 11.8 Å². The molecule has 0 aliphatic heterocycles. The van der Waals surface area contributed by atoms with Crippen molar-refractivity contribution in [3.8, 4) is 0 Å². The molecule has 0 saturated carbocycles. The fourth-order valence-electron chi connectivity index (χ4n) is 1.51. The van der Waals surface area contributed by atoms with Crippen LogP contribution in [0.25, 0.3) is 5.70 Å². The van der Waals surface area contributed by atoms with Crippen LogP contribution in [-0.2, 0) is 5.75 Å². The van der Waals surface area contributed by atoms with Gasteiger partial charge >= 0.3 is 0 Å². The molecule has 0 aliphatic rings. The number of hydrogen-bond donors (Lipinski definition) is 1. The Balaban J connectivity index is 1.95. The molecule has 0 radical (unpaired) electrons. The van der Waals surface area contributed by atoms with Crippen LogP contribution in [0, 0.1) is 5.82 Å². The number of nitrogens with two attached hydrogens (primary N) is 1. The van der Waals surface area contributed by atoms with E-state index in [2.05, 4.69) is 12.1 Å². The van der Waals surface area contributed by atoms with E-state index in [0.29, 0.717) is 5.70 Å². The third-order valence-electron chi connectivity index (χ3n) is 2.48. The Bertz CT molecular complexity index is 520. The molecule has 0 atom stereocenters. The number of thioether (sulfide) groups is 1. The summed E-state index contributed by atoms with van der Waals surface area (Å²) in [6.07, 6.45) is 0. The molecule has 2 aromatic rings. The van der Waals surface area contributed by atoms with Crippen LogP contribution in [0.5, 0.6) is 0 Å². The first-order chi connectivity index (χ1) is 8.75. The minimum absolute atomic E-state index is 0.247. The van der Waals surface area contributed by atoms with Gasteiger partial charge < -0.3 is 5.73 Å². The maximum Gasteiger partial charge on any atom is 0.123 e. The van der Waals surface area contributed by atoms with Gasteiger partial charge in [0.1, 0.15) is 5.82 Å². The summed E-state index contributed by atoms with van der Waals surface area (Å²) in [4.78, 5) is 0. The van der Waals surface area contributed by atoms with Gasteiger partial charge in [0.2, 0.25) is 0 Å². The van der Waals surface area contributed by atoms with Crippen molar-refractivity contribution < 1.29 is 4.39 Å². The molecule has 0 spiro atoms. The van der Waals surface area contributed by atoms with Crippen molar-refractivity contribution in [2.75, 3.05) is 0 Å². The monoisotopic (exact) mass is 259 g/mol. The van der Waals surface area contributed by atoms with Crippen LogP contribution < -0.4 is 5.73 Å². The van der Waals surface area contributed by atoms with Gasteiger partial charge in [0.05, 0.1) is 0 Å². The highest BCUT2D eigenvalue weighted by Gasteiger charge is 1.97. The third-order valence-corrected chi connectivity index (χ3v) is 3.40. The number of hydrogen-bond acceptors (Lipinski definition) is 2. The zero-order valence-corrected chi connectivity index (χ0v) is 10.7. The van der Waals surface area contributed by atoms with Gasteiger partial charge in [-0.3, -0.25) is 0 Å². The van der Waals surface area contributed by atoms with E-state index in [9.17, 15) is 4.39 Å². The Morgan fingerprint density at radius 3 is 2.39 bits per heavy atom. The van der Waals surface area contributed by atoms with Crippen LogP contribution in [0.15, 0.2) is 60.0 Å². The third kappa shape index (κ3) is 3.64. The highest BCUT2D eigenvalue weighted by molar-refractivity contribution is 8.01. The summed E-state index contributed by atoms with van der Waals surface area (Å²) >= 11 is 1.63. The van der Waals surface area contributed by atoms with Crippen LogP contribution in [0.3, 0.4) is 0 Å². The molecule has 0 heterocycles. The number of benzene rings is 2. The predicted octanol–water partition coefficient (Wildman–Crippen LogP) is 4.02. The van der Waals surface area contributed by atoms with E-state index >= 15 is 0 Å². The van der Waals surface area contributed by atoms with Crippen molar-refractivity contribution in [1.29, 1.82) is 0 Å². The second-order valence-electron chi connectivity index (χ2n) is 3.88. The standard InChI is InChI=1S/C15H14FNS/c16-14-8-6-13(7-9-14)15(17)11-18-10-12-4-2-1-3-5-12/h1-9,11H,10,17H2/b15-11-. The lowest BCUT2D eigenvalue weighted by Crippen LogP contribution is -1.95. The molecule has 92 valence electrons. The molecule has 0 saturated heterocycles. The number of rotatable bonds is 4.